The first kappa shape index (κ1) is 23.5. The van der Waals surface area contributed by atoms with E-state index in [-0.39, 0.29) is 11.7 Å². The van der Waals surface area contributed by atoms with Crippen molar-refractivity contribution < 1.29 is 24.3 Å². The first-order valence-corrected chi connectivity index (χ1v) is 10.4. The van der Waals surface area contributed by atoms with Crippen LogP contribution in [0.4, 0.5) is 0 Å². The van der Waals surface area contributed by atoms with Crippen LogP contribution in [0, 0.1) is 11.3 Å². The van der Waals surface area contributed by atoms with Crippen LogP contribution in [0.3, 0.4) is 0 Å². The lowest BCUT2D eigenvalue weighted by Gasteiger charge is -2.23. The van der Waals surface area contributed by atoms with Gasteiger partial charge in [0.05, 0.1) is 18.6 Å². The van der Waals surface area contributed by atoms with Crippen LogP contribution in [-0.4, -0.2) is 36.1 Å². The van der Waals surface area contributed by atoms with Crippen LogP contribution in [0.25, 0.3) is 11.3 Å². The van der Waals surface area contributed by atoms with Crippen molar-refractivity contribution in [2.75, 3.05) is 7.11 Å². The van der Waals surface area contributed by atoms with Crippen LogP contribution in [0.5, 0.6) is 0 Å². The van der Waals surface area contributed by atoms with Crippen LogP contribution < -0.4 is 15.8 Å². The number of esters is 1. The summed E-state index contributed by atoms with van der Waals surface area (Å²) in [6.07, 6.45) is 1.84. The summed E-state index contributed by atoms with van der Waals surface area (Å²) in [4.78, 5) is 25.3. The van der Waals surface area contributed by atoms with Gasteiger partial charge < -0.3 is 15.8 Å². The molecule has 0 radical (unpaired) electrons. The van der Waals surface area contributed by atoms with E-state index in [0.29, 0.717) is 23.2 Å². The number of hydrogen-bond acceptors (Lipinski definition) is 5. The normalized spacial score (nSPS) is 12.4. The largest absolute Gasteiger partial charge is 0.469 e. The van der Waals surface area contributed by atoms with Gasteiger partial charge in [0, 0.05) is 34.0 Å². The molecule has 0 aliphatic heterocycles. The molecule has 0 spiro atoms. The van der Waals surface area contributed by atoms with E-state index in [1.807, 2.05) is 12.1 Å². The van der Waals surface area contributed by atoms with E-state index in [9.17, 15) is 14.8 Å². The number of ether oxygens (including phenoxy) is 1. The van der Waals surface area contributed by atoms with Gasteiger partial charge in [0.25, 0.3) is 11.6 Å². The summed E-state index contributed by atoms with van der Waals surface area (Å²) in [5, 5.41) is 20.4. The number of nitrogens with two attached hydrogens (primary N) is 1. The SMILES string of the molecule is COC(=O)[C@@H](Cc1cccc(C(=N)N)c1)C(C)NC(=O)c1ccc(-c2cccc[n+]2O)cc1. The Labute approximate surface area is 192 Å². The molecule has 0 aliphatic rings. The van der Waals surface area contributed by atoms with E-state index in [0.717, 1.165) is 15.9 Å². The predicted octanol–water partition coefficient (Wildman–Crippen LogP) is 2.31. The van der Waals surface area contributed by atoms with Gasteiger partial charge in [0.15, 0.2) is 0 Å². The Morgan fingerprint density at radius 2 is 1.82 bits per heavy atom. The van der Waals surface area contributed by atoms with Crippen molar-refractivity contribution >= 4 is 17.7 Å². The number of nitrogen functional groups attached to an aromatic ring is 1. The van der Waals surface area contributed by atoms with Crippen LogP contribution in [0.15, 0.2) is 72.9 Å². The van der Waals surface area contributed by atoms with E-state index in [1.165, 1.54) is 13.3 Å². The minimum Gasteiger partial charge on any atom is -0.469 e. The minimum atomic E-state index is -0.627. The Balaban J connectivity index is 1.74. The smallest absolute Gasteiger partial charge is 0.311 e. The zero-order valence-corrected chi connectivity index (χ0v) is 18.5. The molecule has 3 aromatic rings. The van der Waals surface area contributed by atoms with Gasteiger partial charge in [-0.1, -0.05) is 18.2 Å². The summed E-state index contributed by atoms with van der Waals surface area (Å²) in [5.74, 6) is -1.45. The molecular weight excluding hydrogens is 420 g/mol. The van der Waals surface area contributed by atoms with E-state index < -0.39 is 17.9 Å². The molecule has 33 heavy (non-hydrogen) atoms. The zero-order valence-electron chi connectivity index (χ0n) is 18.5. The van der Waals surface area contributed by atoms with E-state index in [4.69, 9.17) is 15.9 Å². The van der Waals surface area contributed by atoms with Crippen LogP contribution >= 0.6 is 0 Å². The molecule has 170 valence electrons. The molecule has 8 heteroatoms. The summed E-state index contributed by atoms with van der Waals surface area (Å²) in [7, 11) is 1.31. The molecule has 1 amide bonds. The molecule has 1 unspecified atom stereocenters. The second-order valence-electron chi connectivity index (χ2n) is 7.72. The number of nitrogens with one attached hydrogen (secondary N) is 2. The van der Waals surface area contributed by atoms with Crippen molar-refractivity contribution in [1.82, 2.24) is 5.32 Å². The summed E-state index contributed by atoms with van der Waals surface area (Å²) in [6, 6.07) is 18.7. The predicted molar refractivity (Wildman–Crippen MR) is 123 cm³/mol. The number of nitrogens with zero attached hydrogens (tertiary/aromatic N) is 1. The fraction of sp³-hybridized carbons (Fsp3) is 0.200. The third kappa shape index (κ3) is 5.74. The number of methoxy groups -OCH3 is 1. The van der Waals surface area contributed by atoms with Gasteiger partial charge in [-0.2, -0.15) is 0 Å². The van der Waals surface area contributed by atoms with E-state index in [2.05, 4.69) is 5.32 Å². The lowest BCUT2D eigenvalue weighted by Crippen LogP contribution is -2.42. The van der Waals surface area contributed by atoms with E-state index in [1.54, 1.807) is 61.5 Å². The van der Waals surface area contributed by atoms with Crippen molar-refractivity contribution in [1.29, 1.82) is 5.41 Å². The molecular formula is C25H27N4O4+. The van der Waals surface area contributed by atoms with Crippen LogP contribution in [-0.2, 0) is 16.0 Å². The maximum absolute atomic E-state index is 12.8. The Morgan fingerprint density at radius 1 is 1.09 bits per heavy atom. The summed E-state index contributed by atoms with van der Waals surface area (Å²) in [6.45, 7) is 1.75. The highest BCUT2D eigenvalue weighted by Crippen LogP contribution is 2.18. The average molecular weight is 448 g/mol. The molecule has 5 N–H and O–H groups in total. The van der Waals surface area contributed by atoms with Gasteiger partial charge in [0.1, 0.15) is 5.84 Å². The highest BCUT2D eigenvalue weighted by Gasteiger charge is 2.28. The standard InChI is InChI=1S/C25H26N4O4/c1-16(21(25(31)33-2)15-17-6-5-7-20(14-17)23(26)27)28-24(30)19-11-9-18(10-12-19)22-8-3-4-13-29(22)32/h3-14,16,21H,15H2,1-2H3,(H4-,26,27,28,30,32)/p+1/t16?,21-/m0/s1. The lowest BCUT2D eigenvalue weighted by atomic mass is 9.92. The second-order valence-corrected chi connectivity index (χ2v) is 7.72. The molecule has 2 aromatic carbocycles. The molecule has 1 heterocycles. The van der Waals surface area contributed by atoms with Gasteiger partial charge in [-0.3, -0.25) is 20.2 Å². The number of benzene rings is 2. The van der Waals surface area contributed by atoms with E-state index >= 15 is 0 Å². The molecule has 0 saturated heterocycles. The Morgan fingerprint density at radius 3 is 2.45 bits per heavy atom. The number of carbonyl (C=O) groups excluding carboxylic acids is 2. The van der Waals surface area contributed by atoms with Crippen molar-refractivity contribution in [3.05, 3.63) is 89.6 Å². The maximum atomic E-state index is 12.8. The van der Waals surface area contributed by atoms with Crippen molar-refractivity contribution in [2.45, 2.75) is 19.4 Å². The second kappa shape index (κ2) is 10.4. The van der Waals surface area contributed by atoms with Gasteiger partial charge in [0.2, 0.25) is 6.20 Å². The first-order valence-electron chi connectivity index (χ1n) is 10.4. The molecule has 8 nitrogen and oxygen atoms in total. The summed E-state index contributed by atoms with van der Waals surface area (Å²) >= 11 is 0. The third-order valence-electron chi connectivity index (χ3n) is 5.44. The first-order chi connectivity index (χ1) is 15.8. The highest BCUT2D eigenvalue weighted by molar-refractivity contribution is 5.95. The van der Waals surface area contributed by atoms with Crippen molar-refractivity contribution in [2.24, 2.45) is 11.7 Å². The fourth-order valence-electron chi connectivity index (χ4n) is 3.58. The number of carbonyl (C=O) groups is 2. The molecule has 3 rings (SSSR count). The monoisotopic (exact) mass is 447 g/mol. The Kier molecular flexibility index (Phi) is 7.40. The number of amides is 1. The van der Waals surface area contributed by atoms with Gasteiger partial charge in [-0.25, -0.2) is 0 Å². The maximum Gasteiger partial charge on any atom is 0.311 e. The number of aromatic nitrogens is 1. The molecule has 2 atom stereocenters. The third-order valence-corrected chi connectivity index (χ3v) is 5.44. The molecule has 0 aliphatic carbocycles. The molecule has 0 fully saturated rings. The van der Waals surface area contributed by atoms with Crippen LogP contribution in [0.2, 0.25) is 0 Å². The topological polar surface area (TPSA) is 129 Å². The number of amidine groups is 1. The Bertz CT molecular complexity index is 1160. The Hall–Kier alpha value is -4.20. The highest BCUT2D eigenvalue weighted by atomic mass is 16.5. The van der Waals surface area contributed by atoms with Crippen LogP contribution in [0.1, 0.15) is 28.4 Å². The van der Waals surface area contributed by atoms with Crippen molar-refractivity contribution in [3.8, 4) is 11.3 Å². The number of pyridine rings is 1. The lowest BCUT2D eigenvalue weighted by molar-refractivity contribution is -0.896. The molecule has 1 aromatic heterocycles. The van der Waals surface area contributed by atoms with Gasteiger partial charge in [-0.05, 0) is 55.3 Å². The zero-order chi connectivity index (χ0) is 24.0. The molecule has 0 bridgehead atoms. The summed E-state index contributed by atoms with van der Waals surface area (Å²) in [5.41, 5.74) is 8.71. The number of hydrogen-bond donors (Lipinski definition) is 4. The quantitative estimate of drug-likeness (QED) is 0.138. The fourth-order valence-corrected chi connectivity index (χ4v) is 3.58. The average Bonchev–Trinajstić information content (AvgIpc) is 2.82. The number of rotatable bonds is 8. The minimum absolute atomic E-state index is 0.0570. The van der Waals surface area contributed by atoms with Crippen molar-refractivity contribution in [3.63, 3.8) is 0 Å². The molecule has 0 saturated carbocycles. The van der Waals surface area contributed by atoms with Gasteiger partial charge >= 0.3 is 5.97 Å². The van der Waals surface area contributed by atoms with Gasteiger partial charge in [-0.15, -0.1) is 0 Å². The summed E-state index contributed by atoms with van der Waals surface area (Å²) < 4.78 is 5.98.